The monoisotopic (exact) mass is 338 g/mol. The van der Waals surface area contributed by atoms with Crippen LogP contribution in [0.2, 0.25) is 0 Å². The molecule has 1 aliphatic carbocycles. The van der Waals surface area contributed by atoms with Gasteiger partial charge in [0.25, 0.3) is 5.91 Å². The summed E-state index contributed by atoms with van der Waals surface area (Å²) in [5, 5.41) is 6.28. The molecule has 1 saturated carbocycles. The molecule has 2 aliphatic rings. The smallest absolute Gasteiger partial charge is 0.307 e. The van der Waals surface area contributed by atoms with Crippen molar-refractivity contribution in [3.63, 3.8) is 0 Å². The maximum absolute atomic E-state index is 12.7. The van der Waals surface area contributed by atoms with Gasteiger partial charge in [0, 0.05) is 7.05 Å². The zero-order valence-electron chi connectivity index (χ0n) is 12.7. The molecule has 23 heavy (non-hydrogen) atoms. The van der Waals surface area contributed by atoms with E-state index in [1.807, 2.05) is 0 Å². The Labute approximate surface area is 136 Å². The maximum atomic E-state index is 12.7. The van der Waals surface area contributed by atoms with Crippen LogP contribution in [0.3, 0.4) is 0 Å². The Balaban J connectivity index is 1.83. The van der Waals surface area contributed by atoms with Gasteiger partial charge >= 0.3 is 5.97 Å². The number of primary amides is 1. The van der Waals surface area contributed by atoms with Gasteiger partial charge in [-0.3, -0.25) is 14.4 Å². The fraction of sp³-hybridized carbons (Fsp3) is 0.571. The maximum Gasteiger partial charge on any atom is 0.307 e. The Morgan fingerprint density at radius 3 is 2.70 bits per heavy atom. The highest BCUT2D eigenvalue weighted by atomic mass is 32.1. The lowest BCUT2D eigenvalue weighted by molar-refractivity contribution is -0.149. The van der Waals surface area contributed by atoms with Crippen LogP contribution in [0.4, 0.5) is 10.1 Å². The minimum absolute atomic E-state index is 0.0124. The van der Waals surface area contributed by atoms with E-state index in [0.29, 0.717) is 23.0 Å². The third-order valence-corrected chi connectivity index (χ3v) is 5.39. The van der Waals surface area contributed by atoms with Crippen LogP contribution in [0.5, 0.6) is 0 Å². The Kier molecular flexibility index (Phi) is 3.97. The number of nitrogens with zero attached hydrogens (tertiary/aromatic N) is 1. The van der Waals surface area contributed by atoms with Crippen molar-refractivity contribution < 1.29 is 19.1 Å². The molecule has 1 saturated heterocycles. The van der Waals surface area contributed by atoms with Crippen LogP contribution in [-0.4, -0.2) is 35.4 Å². The van der Waals surface area contributed by atoms with Crippen molar-refractivity contribution in [1.82, 2.24) is 4.98 Å². The van der Waals surface area contributed by atoms with Crippen molar-refractivity contribution in [2.24, 2.45) is 11.7 Å². The van der Waals surface area contributed by atoms with Gasteiger partial charge < -0.3 is 21.1 Å². The van der Waals surface area contributed by atoms with Crippen molar-refractivity contribution >= 4 is 39.3 Å². The topological polar surface area (TPSA) is 123 Å². The molecule has 1 aromatic heterocycles. The number of carbonyl (C=O) groups is 3. The van der Waals surface area contributed by atoms with Crippen LogP contribution in [-0.2, 0) is 14.3 Å². The molecule has 1 aromatic rings. The predicted molar refractivity (Wildman–Crippen MR) is 84.2 cm³/mol. The van der Waals surface area contributed by atoms with Crippen LogP contribution in [0.1, 0.15) is 42.6 Å². The molecule has 8 nitrogen and oxygen atoms in total. The number of hydrogen-bond acceptors (Lipinski definition) is 7. The first kappa shape index (κ1) is 15.7. The van der Waals surface area contributed by atoms with E-state index in [1.165, 1.54) is 0 Å². The minimum atomic E-state index is -0.715. The summed E-state index contributed by atoms with van der Waals surface area (Å²) in [5.41, 5.74) is 4.62. The summed E-state index contributed by atoms with van der Waals surface area (Å²) in [5.74, 6) is -1.93. The Hall–Kier alpha value is -2.16. The second-order valence-electron chi connectivity index (χ2n) is 5.80. The lowest BCUT2D eigenvalue weighted by Gasteiger charge is -2.27. The van der Waals surface area contributed by atoms with E-state index < -0.39 is 17.4 Å². The molecule has 1 atom stereocenters. The SMILES string of the molecule is CNc1nc(C(N)=O)c(NC(=O)C2CC(=O)OC23CCCC3)s1. The number of thiazole rings is 1. The Bertz CT molecular complexity index is 666. The number of nitrogens with two attached hydrogens (primary N) is 1. The molecule has 2 heterocycles. The Morgan fingerprint density at radius 1 is 1.39 bits per heavy atom. The quantitative estimate of drug-likeness (QED) is 0.706. The largest absolute Gasteiger partial charge is 0.458 e. The lowest BCUT2D eigenvalue weighted by atomic mass is 9.85. The van der Waals surface area contributed by atoms with Gasteiger partial charge in [-0.25, -0.2) is 4.98 Å². The summed E-state index contributed by atoms with van der Waals surface area (Å²) in [6.07, 6.45) is 3.34. The highest BCUT2D eigenvalue weighted by Crippen LogP contribution is 2.46. The van der Waals surface area contributed by atoms with Crippen molar-refractivity contribution in [3.05, 3.63) is 5.69 Å². The van der Waals surface area contributed by atoms with Gasteiger partial charge in [0.05, 0.1) is 12.3 Å². The molecule has 0 aromatic carbocycles. The molecule has 3 rings (SSSR count). The fourth-order valence-electron chi connectivity index (χ4n) is 3.33. The molecule has 2 amide bonds. The molecule has 4 N–H and O–H groups in total. The van der Waals surface area contributed by atoms with E-state index in [9.17, 15) is 14.4 Å². The van der Waals surface area contributed by atoms with Crippen molar-refractivity contribution in [3.8, 4) is 0 Å². The van der Waals surface area contributed by atoms with E-state index in [0.717, 1.165) is 24.2 Å². The fourth-order valence-corrected chi connectivity index (χ4v) is 4.15. The average Bonchev–Trinajstić information content (AvgIpc) is 3.19. The average molecular weight is 338 g/mol. The van der Waals surface area contributed by atoms with Gasteiger partial charge in [0.1, 0.15) is 10.6 Å². The molecule has 1 unspecified atom stereocenters. The van der Waals surface area contributed by atoms with Gasteiger partial charge in [-0.1, -0.05) is 11.3 Å². The summed E-state index contributed by atoms with van der Waals surface area (Å²) in [6, 6.07) is 0. The van der Waals surface area contributed by atoms with E-state index >= 15 is 0 Å². The summed E-state index contributed by atoms with van der Waals surface area (Å²) in [7, 11) is 1.66. The van der Waals surface area contributed by atoms with Gasteiger partial charge in [-0.2, -0.15) is 0 Å². The number of amides is 2. The number of carbonyl (C=O) groups excluding carboxylic acids is 3. The molecule has 1 spiro atoms. The molecule has 0 bridgehead atoms. The van der Waals surface area contributed by atoms with Crippen LogP contribution in [0.15, 0.2) is 0 Å². The molecule has 124 valence electrons. The first-order chi connectivity index (χ1) is 10.9. The highest BCUT2D eigenvalue weighted by Gasteiger charge is 2.54. The van der Waals surface area contributed by atoms with Crippen LogP contribution in [0, 0.1) is 5.92 Å². The van der Waals surface area contributed by atoms with E-state index in [1.54, 1.807) is 7.05 Å². The van der Waals surface area contributed by atoms with E-state index in [4.69, 9.17) is 10.5 Å². The van der Waals surface area contributed by atoms with Gasteiger partial charge in [0.15, 0.2) is 10.8 Å². The van der Waals surface area contributed by atoms with Crippen LogP contribution in [0.25, 0.3) is 0 Å². The third-order valence-electron chi connectivity index (χ3n) is 4.40. The van der Waals surface area contributed by atoms with E-state index in [2.05, 4.69) is 15.6 Å². The first-order valence-corrected chi connectivity index (χ1v) is 8.28. The number of hydrogen-bond donors (Lipinski definition) is 3. The number of aromatic nitrogens is 1. The molecule has 9 heteroatoms. The molecule has 0 radical (unpaired) electrons. The van der Waals surface area contributed by atoms with E-state index in [-0.39, 0.29) is 24.0 Å². The summed E-state index contributed by atoms with van der Waals surface area (Å²) in [6.45, 7) is 0. The van der Waals surface area contributed by atoms with Crippen molar-refractivity contribution in [2.75, 3.05) is 17.7 Å². The van der Waals surface area contributed by atoms with Crippen LogP contribution >= 0.6 is 11.3 Å². The van der Waals surface area contributed by atoms with Crippen molar-refractivity contribution in [1.29, 1.82) is 0 Å². The van der Waals surface area contributed by atoms with Crippen LogP contribution < -0.4 is 16.4 Å². The molecular weight excluding hydrogens is 320 g/mol. The summed E-state index contributed by atoms with van der Waals surface area (Å²) in [4.78, 5) is 39.9. The van der Waals surface area contributed by atoms with Gasteiger partial charge in [-0.15, -0.1) is 0 Å². The second kappa shape index (κ2) is 5.80. The molecular formula is C14H18N4O4S. The summed E-state index contributed by atoms with van der Waals surface area (Å²) >= 11 is 1.13. The summed E-state index contributed by atoms with van der Waals surface area (Å²) < 4.78 is 5.47. The lowest BCUT2D eigenvalue weighted by Crippen LogP contribution is -2.39. The van der Waals surface area contributed by atoms with Crippen molar-refractivity contribution in [2.45, 2.75) is 37.7 Å². The Morgan fingerprint density at radius 2 is 2.09 bits per heavy atom. The standard InChI is InChI=1S/C14H18N4O4S/c1-16-13-17-9(10(15)20)12(23-13)18-11(21)7-6-8(19)22-14(7)4-2-3-5-14/h7H,2-6H2,1H3,(H2,15,20)(H,16,17)(H,18,21). The third kappa shape index (κ3) is 2.76. The first-order valence-electron chi connectivity index (χ1n) is 7.46. The number of nitrogens with one attached hydrogen (secondary N) is 2. The normalized spacial score (nSPS) is 22.1. The number of ether oxygens (including phenoxy) is 1. The minimum Gasteiger partial charge on any atom is -0.458 e. The molecule has 1 aliphatic heterocycles. The zero-order valence-corrected chi connectivity index (χ0v) is 13.5. The molecule has 2 fully saturated rings. The zero-order chi connectivity index (χ0) is 16.6. The number of rotatable bonds is 4. The van der Waals surface area contributed by atoms with Gasteiger partial charge in [0.2, 0.25) is 5.91 Å². The predicted octanol–water partition coefficient (Wildman–Crippen LogP) is 1.10. The number of esters is 1. The number of anilines is 2. The highest BCUT2D eigenvalue weighted by molar-refractivity contribution is 7.20. The second-order valence-corrected chi connectivity index (χ2v) is 6.80. The van der Waals surface area contributed by atoms with Gasteiger partial charge in [-0.05, 0) is 25.7 Å².